The second-order valence-electron chi connectivity index (χ2n) is 4.57. The standard InChI is InChI=1S/C12H13BrF3NO.ClH/c13-8-5-4-7(12(14,15)16)9(11(8)18)10(17)6-2-1-3-6;/h4-6,10,18H,1-3,17H2;1H/t10-;/m0./s1. The lowest BCUT2D eigenvalue weighted by atomic mass is 9.76. The van der Waals surface area contributed by atoms with Crippen molar-refractivity contribution in [3.63, 3.8) is 0 Å². The molecule has 0 unspecified atom stereocenters. The van der Waals surface area contributed by atoms with Gasteiger partial charge in [0, 0.05) is 11.6 Å². The van der Waals surface area contributed by atoms with Crippen molar-refractivity contribution in [2.45, 2.75) is 31.5 Å². The summed E-state index contributed by atoms with van der Waals surface area (Å²) in [5, 5.41) is 9.85. The Kier molecular flexibility index (Phi) is 5.15. The fourth-order valence-electron chi connectivity index (χ4n) is 2.20. The van der Waals surface area contributed by atoms with Crippen molar-refractivity contribution in [2.75, 3.05) is 0 Å². The van der Waals surface area contributed by atoms with Crippen molar-refractivity contribution < 1.29 is 18.3 Å². The van der Waals surface area contributed by atoms with Gasteiger partial charge in [-0.25, -0.2) is 0 Å². The summed E-state index contributed by atoms with van der Waals surface area (Å²) in [4.78, 5) is 0. The van der Waals surface area contributed by atoms with Crippen LogP contribution in [0.15, 0.2) is 16.6 Å². The number of hydrogen-bond acceptors (Lipinski definition) is 2. The third-order valence-corrected chi connectivity index (χ3v) is 4.10. The second-order valence-corrected chi connectivity index (χ2v) is 5.43. The molecule has 0 amide bonds. The molecule has 1 fully saturated rings. The zero-order valence-electron chi connectivity index (χ0n) is 9.88. The summed E-state index contributed by atoms with van der Waals surface area (Å²) in [7, 11) is 0. The number of phenols is 1. The lowest BCUT2D eigenvalue weighted by Gasteiger charge is -2.33. The normalized spacial score (nSPS) is 17.5. The predicted molar refractivity (Wildman–Crippen MR) is 72.3 cm³/mol. The van der Waals surface area contributed by atoms with Gasteiger partial charge in [-0.1, -0.05) is 6.42 Å². The molecule has 1 aromatic rings. The van der Waals surface area contributed by atoms with Gasteiger partial charge in [0.15, 0.2) is 0 Å². The minimum Gasteiger partial charge on any atom is -0.506 e. The summed E-state index contributed by atoms with van der Waals surface area (Å²) in [6.45, 7) is 0. The summed E-state index contributed by atoms with van der Waals surface area (Å²) >= 11 is 3.03. The van der Waals surface area contributed by atoms with E-state index in [9.17, 15) is 18.3 Å². The van der Waals surface area contributed by atoms with Crippen molar-refractivity contribution in [2.24, 2.45) is 11.7 Å². The highest BCUT2D eigenvalue weighted by molar-refractivity contribution is 9.10. The average molecular weight is 361 g/mol. The second kappa shape index (κ2) is 5.89. The number of halogens is 5. The fraction of sp³-hybridized carbons (Fsp3) is 0.500. The molecule has 1 aliphatic carbocycles. The Bertz CT molecular complexity index is 463. The van der Waals surface area contributed by atoms with Gasteiger partial charge in [-0.05, 0) is 46.8 Å². The van der Waals surface area contributed by atoms with Crippen LogP contribution in [0.4, 0.5) is 13.2 Å². The van der Waals surface area contributed by atoms with Crippen LogP contribution in [0.5, 0.6) is 5.75 Å². The molecule has 108 valence electrons. The van der Waals surface area contributed by atoms with E-state index in [1.54, 1.807) is 0 Å². The van der Waals surface area contributed by atoms with Gasteiger partial charge in [-0.15, -0.1) is 12.4 Å². The molecule has 1 aromatic carbocycles. The van der Waals surface area contributed by atoms with Gasteiger partial charge in [0.1, 0.15) is 5.75 Å². The van der Waals surface area contributed by atoms with Crippen molar-refractivity contribution in [1.29, 1.82) is 0 Å². The van der Waals surface area contributed by atoms with Crippen molar-refractivity contribution in [3.05, 3.63) is 27.7 Å². The van der Waals surface area contributed by atoms with Crippen LogP contribution in [0, 0.1) is 5.92 Å². The molecular formula is C12H14BrClF3NO. The van der Waals surface area contributed by atoms with Gasteiger partial charge >= 0.3 is 6.18 Å². The Balaban J connectivity index is 0.00000180. The van der Waals surface area contributed by atoms with Crippen LogP contribution >= 0.6 is 28.3 Å². The minimum atomic E-state index is -4.51. The van der Waals surface area contributed by atoms with Crippen LogP contribution in [-0.2, 0) is 6.18 Å². The maximum Gasteiger partial charge on any atom is 0.416 e. The highest BCUT2D eigenvalue weighted by Gasteiger charge is 2.39. The number of rotatable bonds is 2. The molecule has 0 bridgehead atoms. The SMILES string of the molecule is Cl.N[C@H](c1c(C(F)(F)F)ccc(Br)c1O)C1CCC1. The lowest BCUT2D eigenvalue weighted by Crippen LogP contribution is -2.29. The molecule has 1 atom stereocenters. The number of aromatic hydroxyl groups is 1. The largest absolute Gasteiger partial charge is 0.506 e. The van der Waals surface area contributed by atoms with E-state index in [4.69, 9.17) is 5.73 Å². The summed E-state index contributed by atoms with van der Waals surface area (Å²) < 4.78 is 39.0. The molecule has 0 saturated heterocycles. The van der Waals surface area contributed by atoms with Gasteiger partial charge in [-0.3, -0.25) is 0 Å². The zero-order valence-corrected chi connectivity index (χ0v) is 12.3. The van der Waals surface area contributed by atoms with Crippen LogP contribution in [0.3, 0.4) is 0 Å². The Morgan fingerprint density at radius 3 is 2.32 bits per heavy atom. The van der Waals surface area contributed by atoms with E-state index >= 15 is 0 Å². The molecule has 19 heavy (non-hydrogen) atoms. The van der Waals surface area contributed by atoms with Crippen molar-refractivity contribution in [1.82, 2.24) is 0 Å². The highest BCUT2D eigenvalue weighted by Crippen LogP contribution is 2.46. The summed E-state index contributed by atoms with van der Waals surface area (Å²) in [6, 6.07) is 1.38. The van der Waals surface area contributed by atoms with E-state index in [0.717, 1.165) is 25.3 Å². The average Bonchev–Trinajstić information content (AvgIpc) is 2.17. The van der Waals surface area contributed by atoms with E-state index in [0.29, 0.717) is 0 Å². The zero-order chi connectivity index (χ0) is 13.5. The smallest absolute Gasteiger partial charge is 0.416 e. The van der Waals surface area contributed by atoms with E-state index in [2.05, 4.69) is 15.9 Å². The number of alkyl halides is 3. The van der Waals surface area contributed by atoms with Crippen LogP contribution in [0.25, 0.3) is 0 Å². The van der Waals surface area contributed by atoms with Crippen LogP contribution in [0.2, 0.25) is 0 Å². The number of phenolic OH excluding ortho intramolecular Hbond substituents is 1. The monoisotopic (exact) mass is 359 g/mol. The molecule has 0 radical (unpaired) electrons. The van der Waals surface area contributed by atoms with Crippen LogP contribution in [0.1, 0.15) is 36.4 Å². The van der Waals surface area contributed by atoms with E-state index in [-0.39, 0.29) is 28.4 Å². The van der Waals surface area contributed by atoms with Gasteiger partial charge in [-0.2, -0.15) is 13.2 Å². The maximum atomic E-state index is 12.9. The number of nitrogens with two attached hydrogens (primary N) is 1. The van der Waals surface area contributed by atoms with E-state index in [1.165, 1.54) is 6.07 Å². The van der Waals surface area contributed by atoms with Gasteiger partial charge in [0.05, 0.1) is 10.0 Å². The maximum absolute atomic E-state index is 12.9. The Morgan fingerprint density at radius 2 is 1.89 bits per heavy atom. The first kappa shape index (κ1) is 16.6. The third-order valence-electron chi connectivity index (χ3n) is 3.46. The molecular weight excluding hydrogens is 346 g/mol. The summed E-state index contributed by atoms with van der Waals surface area (Å²) in [5.41, 5.74) is 4.85. The molecule has 2 rings (SSSR count). The van der Waals surface area contributed by atoms with Gasteiger partial charge in [0.2, 0.25) is 0 Å². The minimum absolute atomic E-state index is 0. The summed E-state index contributed by atoms with van der Waals surface area (Å²) in [6.07, 6.45) is -1.90. The molecule has 0 aromatic heterocycles. The molecule has 1 aliphatic rings. The van der Waals surface area contributed by atoms with Crippen LogP contribution in [-0.4, -0.2) is 5.11 Å². The first-order valence-electron chi connectivity index (χ1n) is 5.66. The Hall–Kier alpha value is -0.460. The van der Waals surface area contributed by atoms with Crippen molar-refractivity contribution >= 4 is 28.3 Å². The quantitative estimate of drug-likeness (QED) is 0.821. The molecule has 1 saturated carbocycles. The van der Waals surface area contributed by atoms with Crippen LogP contribution < -0.4 is 5.73 Å². The highest BCUT2D eigenvalue weighted by atomic mass is 79.9. The first-order chi connectivity index (χ1) is 8.32. The molecule has 0 heterocycles. The van der Waals surface area contributed by atoms with E-state index < -0.39 is 23.5 Å². The molecule has 0 spiro atoms. The molecule has 3 N–H and O–H groups in total. The third kappa shape index (κ3) is 3.17. The predicted octanol–water partition coefficient (Wildman–Crippen LogP) is 4.40. The molecule has 2 nitrogen and oxygen atoms in total. The van der Waals surface area contributed by atoms with Gasteiger partial charge < -0.3 is 10.8 Å². The van der Waals surface area contributed by atoms with E-state index in [1.807, 2.05) is 0 Å². The molecule has 7 heteroatoms. The number of hydrogen-bond donors (Lipinski definition) is 2. The summed E-state index contributed by atoms with van der Waals surface area (Å²) in [5.74, 6) is -0.379. The Labute approximate surface area is 123 Å². The van der Waals surface area contributed by atoms with Gasteiger partial charge in [0.25, 0.3) is 0 Å². The number of benzene rings is 1. The topological polar surface area (TPSA) is 46.2 Å². The fourth-order valence-corrected chi connectivity index (χ4v) is 2.55. The first-order valence-corrected chi connectivity index (χ1v) is 6.46. The molecule has 0 aliphatic heterocycles. The van der Waals surface area contributed by atoms with Crippen molar-refractivity contribution in [3.8, 4) is 5.75 Å². The Morgan fingerprint density at radius 1 is 1.32 bits per heavy atom. The lowest BCUT2D eigenvalue weighted by molar-refractivity contribution is -0.138.